The number of ketones is 1. The maximum atomic E-state index is 14.9. The highest BCUT2D eigenvalue weighted by molar-refractivity contribution is 5.92. The second kappa shape index (κ2) is 29.5. The molecule has 4 N–H and O–H groups in total. The lowest BCUT2D eigenvalue weighted by Crippen LogP contribution is -2.62. The fraction of sp³-hybridized carbons (Fsp3) is 0.889. The summed E-state index contributed by atoms with van der Waals surface area (Å²) in [5, 5.41) is 38.3. The van der Waals surface area contributed by atoms with E-state index in [1.54, 1.807) is 6.92 Å². The number of likely N-dealkylation sites (N-methyl/N-ethyl adjacent to an activating group) is 1. The van der Waals surface area contributed by atoms with E-state index < -0.39 is 36.7 Å². The second-order valence-corrected chi connectivity index (χ2v) is 21.8. The number of nitrogens with zero attached hydrogens (tertiary/aromatic N) is 4. The molecule has 5 aliphatic rings. The largest absolute Gasteiger partial charge is 0.465 e. The lowest BCUT2D eigenvalue weighted by atomic mass is 9.75. The van der Waals surface area contributed by atoms with Crippen LogP contribution in [0.3, 0.4) is 0 Å². The Hall–Kier alpha value is -1.78. The third kappa shape index (κ3) is 18.1. The molecule has 13 heteroatoms. The number of hydrogen-bond acceptors (Lipinski definition) is 13. The van der Waals surface area contributed by atoms with Crippen molar-refractivity contribution in [2.45, 2.75) is 205 Å². The predicted octanol–water partition coefficient (Wildman–Crippen LogP) is 6.58. The molecule has 4 fully saturated rings. The van der Waals surface area contributed by atoms with Crippen molar-refractivity contribution in [3.05, 3.63) is 23.8 Å². The van der Waals surface area contributed by atoms with Gasteiger partial charge in [0.1, 0.15) is 6.10 Å². The predicted molar refractivity (Wildman–Crippen MR) is 268 cm³/mol. The van der Waals surface area contributed by atoms with Crippen LogP contribution in [0.15, 0.2) is 23.8 Å². The molecule has 67 heavy (non-hydrogen) atoms. The monoisotopic (exact) mass is 944 g/mol. The molecular weight excluding hydrogens is 847 g/mol. The summed E-state index contributed by atoms with van der Waals surface area (Å²) in [6.07, 6.45) is 18.9. The first-order chi connectivity index (χ1) is 32.2. The molecule has 13 atom stereocenters. The Labute approximate surface area is 406 Å². The number of rotatable bonds is 19. The maximum Gasteiger partial charge on any atom is 0.308 e. The van der Waals surface area contributed by atoms with Gasteiger partial charge in [-0.2, -0.15) is 0 Å². The zero-order valence-corrected chi connectivity index (χ0v) is 43.2. The Balaban J connectivity index is 1.48. The number of cyclic esters (lactones) is 1. The van der Waals surface area contributed by atoms with Gasteiger partial charge in [-0.25, -0.2) is 0 Å². The highest BCUT2D eigenvalue weighted by atomic mass is 16.7. The number of likely N-dealkylation sites (tertiary alicyclic amines) is 3. The molecule has 0 saturated carbocycles. The van der Waals surface area contributed by atoms with E-state index in [0.29, 0.717) is 38.3 Å². The van der Waals surface area contributed by atoms with Crippen molar-refractivity contribution in [3.63, 3.8) is 0 Å². The number of hydrogen-bond donors (Lipinski definition) is 4. The summed E-state index contributed by atoms with van der Waals surface area (Å²) in [5.41, 5.74) is 1.10. The molecule has 13 nitrogen and oxygen atoms in total. The fourth-order valence-corrected chi connectivity index (χ4v) is 11.9. The molecule has 0 aromatic carbocycles. The SMILES string of the molecule is CCCCNCC1C=C(CC(C)N2CCCCC2)C=CC(=O)C(CC(C)N2CCCCC2)CCC(CCO[C@@H]2O[C@H](C)[C@@H](O)[C@H](N(C)C)[C@H]2O)C(CC(C)N2CCCCC2)C(O)CC(=O)OC1. The summed E-state index contributed by atoms with van der Waals surface area (Å²) < 4.78 is 18.6. The lowest BCUT2D eigenvalue weighted by Gasteiger charge is -2.44. The molecular formula is C54H97N5O8. The van der Waals surface area contributed by atoms with Crippen LogP contribution in [0.2, 0.25) is 0 Å². The van der Waals surface area contributed by atoms with Gasteiger partial charge in [-0.05, 0) is 195 Å². The van der Waals surface area contributed by atoms with Crippen LogP contribution >= 0.6 is 0 Å². The molecule has 5 heterocycles. The number of aliphatic hydroxyl groups is 3. The third-order valence-corrected chi connectivity index (χ3v) is 16.2. The van der Waals surface area contributed by atoms with E-state index in [2.05, 4.69) is 59.9 Å². The quantitative estimate of drug-likeness (QED) is 0.0818. The van der Waals surface area contributed by atoms with Crippen LogP contribution in [0, 0.1) is 23.7 Å². The van der Waals surface area contributed by atoms with Crippen LogP contribution in [-0.4, -0.2) is 181 Å². The van der Waals surface area contributed by atoms with Crippen molar-refractivity contribution in [2.75, 3.05) is 79.7 Å². The van der Waals surface area contributed by atoms with E-state index in [1.165, 1.54) is 44.9 Å². The summed E-state index contributed by atoms with van der Waals surface area (Å²) in [7, 11) is 3.67. The second-order valence-electron chi connectivity index (χ2n) is 21.8. The number of unbranched alkanes of at least 4 members (excludes halogenated alkanes) is 1. The topological polar surface area (TPSA) is 148 Å². The van der Waals surface area contributed by atoms with Gasteiger partial charge in [0, 0.05) is 36.5 Å². The molecule has 386 valence electrons. The Morgan fingerprint density at radius 2 is 1.40 bits per heavy atom. The molecule has 0 aliphatic carbocycles. The summed E-state index contributed by atoms with van der Waals surface area (Å²) in [6, 6.07) is 0.197. The Morgan fingerprint density at radius 3 is 2.00 bits per heavy atom. The van der Waals surface area contributed by atoms with Crippen LogP contribution < -0.4 is 5.32 Å². The zero-order valence-electron chi connectivity index (χ0n) is 43.2. The molecule has 5 rings (SSSR count). The van der Waals surface area contributed by atoms with Gasteiger partial charge in [0.15, 0.2) is 12.1 Å². The van der Waals surface area contributed by atoms with Crippen molar-refractivity contribution >= 4 is 11.8 Å². The zero-order chi connectivity index (χ0) is 48.3. The molecule has 4 saturated heterocycles. The molecule has 0 aromatic heterocycles. The Morgan fingerprint density at radius 1 is 0.806 bits per heavy atom. The van der Waals surface area contributed by atoms with E-state index in [-0.39, 0.29) is 67.1 Å². The summed E-state index contributed by atoms with van der Waals surface area (Å²) in [6.45, 7) is 19.2. The van der Waals surface area contributed by atoms with Crippen molar-refractivity contribution in [1.29, 1.82) is 0 Å². The number of allylic oxidation sites excluding steroid dienone is 2. The van der Waals surface area contributed by atoms with Crippen molar-refractivity contribution in [2.24, 2.45) is 23.7 Å². The standard InChI is InChI=1S/C54H97N5O8/c1-8-9-24-55-37-44-35-43(32-39(2)57-25-13-10-14-26-57)19-22-48(60)46(33-40(3)58-27-15-11-16-28-58)21-20-45(23-31-65-54-53(64)51(56(6)7)52(63)42(5)67-54)47(49(61)36-50(62)66-38-44)34-41(4)59-29-17-12-18-30-59/h19,22,35,39-42,44-47,49,51-55,61,63-64H,8-18,20-21,23-34,36-38H2,1-7H3/t39?,40?,41?,42-,44?,45?,46?,47?,49?,51+,52-,53-,54-/m1/s1. The van der Waals surface area contributed by atoms with Gasteiger partial charge in [0.2, 0.25) is 0 Å². The van der Waals surface area contributed by atoms with Crippen LogP contribution in [0.5, 0.6) is 0 Å². The first kappa shape index (κ1) is 56.1. The van der Waals surface area contributed by atoms with E-state index in [9.17, 15) is 24.9 Å². The van der Waals surface area contributed by atoms with Gasteiger partial charge >= 0.3 is 5.97 Å². The van der Waals surface area contributed by atoms with Crippen molar-refractivity contribution in [1.82, 2.24) is 24.9 Å². The summed E-state index contributed by atoms with van der Waals surface area (Å²) in [5.74, 6) is -0.916. The number of aliphatic hydroxyl groups excluding tert-OH is 3. The van der Waals surface area contributed by atoms with E-state index in [0.717, 1.165) is 89.9 Å². The smallest absolute Gasteiger partial charge is 0.308 e. The van der Waals surface area contributed by atoms with Gasteiger partial charge in [0.25, 0.3) is 0 Å². The molecule has 0 aromatic rings. The molecule has 0 spiro atoms. The van der Waals surface area contributed by atoms with Crippen LogP contribution in [-0.2, 0) is 23.8 Å². The minimum absolute atomic E-state index is 0.0997. The fourth-order valence-electron chi connectivity index (χ4n) is 11.9. The van der Waals surface area contributed by atoms with Gasteiger partial charge in [-0.3, -0.25) is 9.59 Å². The van der Waals surface area contributed by atoms with Gasteiger partial charge in [-0.1, -0.05) is 44.8 Å². The van der Waals surface area contributed by atoms with Gasteiger partial charge in [0.05, 0.1) is 44.0 Å². The lowest BCUT2D eigenvalue weighted by molar-refractivity contribution is -0.281. The van der Waals surface area contributed by atoms with E-state index in [1.807, 2.05) is 25.1 Å². The minimum atomic E-state index is -1.06. The number of carbonyl (C=O) groups excluding carboxylic acids is 2. The third-order valence-electron chi connectivity index (χ3n) is 16.2. The van der Waals surface area contributed by atoms with Gasteiger partial charge < -0.3 is 54.4 Å². The highest BCUT2D eigenvalue weighted by Crippen LogP contribution is 2.36. The Bertz CT molecular complexity index is 1480. The molecule has 5 aliphatic heterocycles. The normalized spacial score (nSPS) is 33.6. The number of nitrogens with one attached hydrogen (secondary N) is 1. The molecule has 0 amide bonds. The van der Waals surface area contributed by atoms with E-state index in [4.69, 9.17) is 14.2 Å². The van der Waals surface area contributed by atoms with Gasteiger partial charge in [-0.15, -0.1) is 0 Å². The summed E-state index contributed by atoms with van der Waals surface area (Å²) >= 11 is 0. The van der Waals surface area contributed by atoms with Crippen LogP contribution in [0.1, 0.15) is 150 Å². The molecule has 0 radical (unpaired) electrons. The number of piperidine rings is 3. The molecule has 0 bridgehead atoms. The number of ether oxygens (including phenoxy) is 3. The highest BCUT2D eigenvalue weighted by Gasteiger charge is 2.45. The first-order valence-corrected chi connectivity index (χ1v) is 27.2. The van der Waals surface area contributed by atoms with Crippen LogP contribution in [0.25, 0.3) is 0 Å². The van der Waals surface area contributed by atoms with Crippen molar-refractivity contribution in [3.8, 4) is 0 Å². The van der Waals surface area contributed by atoms with E-state index >= 15 is 0 Å². The minimum Gasteiger partial charge on any atom is -0.465 e. The Kier molecular flexibility index (Phi) is 24.7. The van der Waals surface area contributed by atoms with Crippen molar-refractivity contribution < 1.29 is 39.1 Å². The number of carbonyl (C=O) groups is 2. The average Bonchev–Trinajstić information content (AvgIpc) is 3.32. The maximum absolute atomic E-state index is 14.9. The average molecular weight is 944 g/mol. The van der Waals surface area contributed by atoms with Crippen LogP contribution in [0.4, 0.5) is 0 Å². The summed E-state index contributed by atoms with van der Waals surface area (Å²) in [4.78, 5) is 38.4. The number of esters is 1. The first-order valence-electron chi connectivity index (χ1n) is 27.2. The molecule has 8 unspecified atom stereocenters.